The molecule has 6 heteroatoms. The molecule has 0 aliphatic heterocycles. The molecule has 0 bridgehead atoms. The Morgan fingerprint density at radius 3 is 2.72 bits per heavy atom. The van der Waals surface area contributed by atoms with Crippen LogP contribution in [0.5, 0.6) is 0 Å². The highest BCUT2D eigenvalue weighted by molar-refractivity contribution is 6.05. The van der Waals surface area contributed by atoms with Gasteiger partial charge in [0.1, 0.15) is 0 Å². The van der Waals surface area contributed by atoms with Gasteiger partial charge in [0, 0.05) is 17.8 Å². The van der Waals surface area contributed by atoms with Crippen LogP contribution < -0.4 is 5.32 Å². The Bertz CT molecular complexity index is 887. The van der Waals surface area contributed by atoms with Crippen LogP contribution >= 0.6 is 0 Å². The van der Waals surface area contributed by atoms with E-state index in [2.05, 4.69) is 10.3 Å². The predicted molar refractivity (Wildman–Crippen MR) is 95.4 cm³/mol. The van der Waals surface area contributed by atoms with Crippen molar-refractivity contribution in [2.75, 3.05) is 11.9 Å². The van der Waals surface area contributed by atoms with Gasteiger partial charge >= 0.3 is 5.97 Å². The van der Waals surface area contributed by atoms with Crippen LogP contribution in [0.15, 0.2) is 54.9 Å². The lowest BCUT2D eigenvalue weighted by atomic mass is 10.2. The minimum atomic E-state index is -0.233. The van der Waals surface area contributed by atoms with Crippen LogP contribution in [0.3, 0.4) is 0 Å². The van der Waals surface area contributed by atoms with Crippen molar-refractivity contribution in [3.63, 3.8) is 0 Å². The third kappa shape index (κ3) is 4.03. The molecule has 0 saturated carbocycles. The van der Waals surface area contributed by atoms with E-state index < -0.39 is 0 Å². The van der Waals surface area contributed by atoms with Crippen LogP contribution in [0.1, 0.15) is 23.7 Å². The van der Waals surface area contributed by atoms with Crippen LogP contribution in [0.4, 0.5) is 5.69 Å². The molecule has 2 aromatic carbocycles. The lowest BCUT2D eigenvalue weighted by molar-refractivity contribution is -0.143. The molecule has 6 nitrogen and oxygen atoms in total. The SMILES string of the molecule is CCOC(=O)CCn1cnc2cc(C(=O)Nc3ccccc3)ccc21. The second-order valence-electron chi connectivity index (χ2n) is 5.52. The summed E-state index contributed by atoms with van der Waals surface area (Å²) in [5, 5.41) is 2.85. The van der Waals surface area contributed by atoms with Crippen LogP contribution in [-0.4, -0.2) is 28.0 Å². The predicted octanol–water partition coefficient (Wildman–Crippen LogP) is 3.24. The Balaban J connectivity index is 1.73. The van der Waals surface area contributed by atoms with Crippen molar-refractivity contribution >= 4 is 28.6 Å². The number of aromatic nitrogens is 2. The fourth-order valence-corrected chi connectivity index (χ4v) is 2.55. The number of nitrogens with one attached hydrogen (secondary N) is 1. The number of carbonyl (C=O) groups excluding carboxylic acids is 2. The summed E-state index contributed by atoms with van der Waals surface area (Å²) >= 11 is 0. The molecule has 0 aliphatic rings. The largest absolute Gasteiger partial charge is 0.466 e. The molecule has 0 unspecified atom stereocenters. The minimum absolute atomic E-state index is 0.186. The maximum Gasteiger partial charge on any atom is 0.307 e. The second kappa shape index (κ2) is 7.61. The average Bonchev–Trinajstić information content (AvgIpc) is 3.03. The Morgan fingerprint density at radius 1 is 1.16 bits per heavy atom. The van der Waals surface area contributed by atoms with Crippen LogP contribution in [-0.2, 0) is 16.1 Å². The first-order chi connectivity index (χ1) is 12.2. The van der Waals surface area contributed by atoms with Crippen LogP contribution in [0.2, 0.25) is 0 Å². The highest BCUT2D eigenvalue weighted by Gasteiger charge is 2.10. The molecule has 0 saturated heterocycles. The molecule has 25 heavy (non-hydrogen) atoms. The summed E-state index contributed by atoms with van der Waals surface area (Å²) in [5.41, 5.74) is 2.87. The van der Waals surface area contributed by atoms with E-state index in [1.807, 2.05) is 41.0 Å². The van der Waals surface area contributed by atoms with E-state index in [4.69, 9.17) is 4.74 Å². The number of rotatable bonds is 6. The van der Waals surface area contributed by atoms with E-state index in [0.717, 1.165) is 11.2 Å². The molecule has 0 radical (unpaired) electrons. The number of ether oxygens (including phenoxy) is 1. The van der Waals surface area contributed by atoms with Gasteiger partial charge in [-0.05, 0) is 37.3 Å². The number of imidazole rings is 1. The topological polar surface area (TPSA) is 73.2 Å². The Labute approximate surface area is 145 Å². The zero-order valence-electron chi connectivity index (χ0n) is 13.9. The summed E-state index contributed by atoms with van der Waals surface area (Å²) in [7, 11) is 0. The molecule has 1 N–H and O–H groups in total. The molecular weight excluding hydrogens is 318 g/mol. The third-order valence-corrected chi connectivity index (χ3v) is 3.78. The normalized spacial score (nSPS) is 10.6. The van der Waals surface area contributed by atoms with Gasteiger partial charge in [0.05, 0.1) is 30.4 Å². The zero-order valence-corrected chi connectivity index (χ0v) is 13.9. The molecule has 0 spiro atoms. The average molecular weight is 337 g/mol. The first-order valence-corrected chi connectivity index (χ1v) is 8.14. The van der Waals surface area contributed by atoms with E-state index >= 15 is 0 Å². The van der Waals surface area contributed by atoms with E-state index in [1.165, 1.54) is 0 Å². The summed E-state index contributed by atoms with van der Waals surface area (Å²) in [4.78, 5) is 28.2. The lowest BCUT2D eigenvalue weighted by Gasteiger charge is -2.06. The van der Waals surface area contributed by atoms with Crippen molar-refractivity contribution < 1.29 is 14.3 Å². The first-order valence-electron chi connectivity index (χ1n) is 8.14. The number of esters is 1. The van der Waals surface area contributed by atoms with E-state index in [0.29, 0.717) is 24.2 Å². The summed E-state index contributed by atoms with van der Waals surface area (Å²) in [6.45, 7) is 2.65. The van der Waals surface area contributed by atoms with Gasteiger partial charge < -0.3 is 14.6 Å². The summed E-state index contributed by atoms with van der Waals surface area (Å²) in [6, 6.07) is 14.6. The number of aryl methyl sites for hydroxylation is 1. The summed E-state index contributed by atoms with van der Waals surface area (Å²) in [6.07, 6.45) is 1.96. The smallest absolute Gasteiger partial charge is 0.307 e. The zero-order chi connectivity index (χ0) is 17.6. The van der Waals surface area contributed by atoms with Gasteiger partial charge in [0.25, 0.3) is 5.91 Å². The Hall–Kier alpha value is -3.15. The molecule has 3 aromatic rings. The highest BCUT2D eigenvalue weighted by Crippen LogP contribution is 2.17. The molecule has 3 rings (SSSR count). The molecule has 0 aliphatic carbocycles. The van der Waals surface area contributed by atoms with Crippen LogP contribution in [0.25, 0.3) is 11.0 Å². The number of carbonyl (C=O) groups is 2. The third-order valence-electron chi connectivity index (χ3n) is 3.78. The number of anilines is 1. The number of nitrogens with zero attached hydrogens (tertiary/aromatic N) is 2. The van der Waals surface area contributed by atoms with Gasteiger partial charge in [-0.15, -0.1) is 0 Å². The maximum atomic E-state index is 12.3. The number of fused-ring (bicyclic) bond motifs is 1. The number of para-hydroxylation sites is 1. The fourth-order valence-electron chi connectivity index (χ4n) is 2.55. The summed E-state index contributed by atoms with van der Waals surface area (Å²) < 4.78 is 6.81. The number of hydrogen-bond donors (Lipinski definition) is 1. The maximum absolute atomic E-state index is 12.3. The number of benzene rings is 2. The van der Waals surface area contributed by atoms with Gasteiger partial charge in [-0.2, -0.15) is 0 Å². The van der Waals surface area contributed by atoms with Crippen molar-refractivity contribution in [2.24, 2.45) is 0 Å². The summed E-state index contributed by atoms with van der Waals surface area (Å²) in [5.74, 6) is -0.419. The van der Waals surface area contributed by atoms with Gasteiger partial charge in [-0.25, -0.2) is 4.98 Å². The lowest BCUT2D eigenvalue weighted by Crippen LogP contribution is -2.11. The Morgan fingerprint density at radius 2 is 1.96 bits per heavy atom. The number of hydrogen-bond acceptors (Lipinski definition) is 4. The first kappa shape index (κ1) is 16.7. The minimum Gasteiger partial charge on any atom is -0.466 e. The van der Waals surface area contributed by atoms with Crippen molar-refractivity contribution in [3.05, 3.63) is 60.4 Å². The van der Waals surface area contributed by atoms with Gasteiger partial charge in [0.15, 0.2) is 0 Å². The molecule has 1 amide bonds. The van der Waals surface area contributed by atoms with Gasteiger partial charge in [-0.1, -0.05) is 18.2 Å². The van der Waals surface area contributed by atoms with Crippen molar-refractivity contribution in [3.8, 4) is 0 Å². The quantitative estimate of drug-likeness (QED) is 0.701. The molecule has 128 valence electrons. The molecule has 0 fully saturated rings. The molecule has 1 heterocycles. The van der Waals surface area contributed by atoms with Crippen molar-refractivity contribution in [2.45, 2.75) is 19.9 Å². The van der Waals surface area contributed by atoms with Crippen LogP contribution in [0, 0.1) is 0 Å². The van der Waals surface area contributed by atoms with E-state index in [1.54, 1.807) is 25.4 Å². The fraction of sp³-hybridized carbons (Fsp3) is 0.211. The highest BCUT2D eigenvalue weighted by atomic mass is 16.5. The second-order valence-corrected chi connectivity index (χ2v) is 5.52. The van der Waals surface area contributed by atoms with Crippen molar-refractivity contribution in [1.82, 2.24) is 9.55 Å². The Kier molecular flexibility index (Phi) is 5.09. The standard InChI is InChI=1S/C19H19N3O3/c1-2-25-18(23)10-11-22-13-20-16-12-14(8-9-17(16)22)19(24)21-15-6-4-3-5-7-15/h3-9,12-13H,2,10-11H2,1H3,(H,21,24). The van der Waals surface area contributed by atoms with E-state index in [-0.39, 0.29) is 18.3 Å². The van der Waals surface area contributed by atoms with Gasteiger partial charge in [0.2, 0.25) is 0 Å². The van der Waals surface area contributed by atoms with E-state index in [9.17, 15) is 9.59 Å². The van der Waals surface area contributed by atoms with Gasteiger partial charge in [-0.3, -0.25) is 9.59 Å². The number of amides is 1. The molecule has 0 atom stereocenters. The monoisotopic (exact) mass is 337 g/mol. The molecular formula is C19H19N3O3. The van der Waals surface area contributed by atoms with Crippen molar-refractivity contribution in [1.29, 1.82) is 0 Å². The molecule has 1 aromatic heterocycles.